The Labute approximate surface area is 628 Å². The van der Waals surface area contributed by atoms with Crippen molar-refractivity contribution in [2.45, 2.75) is 374 Å². The summed E-state index contributed by atoms with van der Waals surface area (Å²) < 4.78 is 67.9. The molecule has 104 heavy (non-hydrogen) atoms. The molecule has 1 aromatic carbocycles. The lowest BCUT2D eigenvalue weighted by atomic mass is 10.0. The third kappa shape index (κ3) is 45.8. The van der Waals surface area contributed by atoms with Crippen LogP contribution in [0.3, 0.4) is 0 Å². The SMILES string of the molecule is [C-]#[N+]CCOP(=O)(OCCOC(=O)CCC(=O)OCCN(C)C(=O)c1cc(OCCCCCCCCCCCCCCCCCC)c(OCCCCCCCCCCCCCCCCCC)c(OCCCCCCCCCCCCCCCCCC)c1)OC1C[C@H](n2cc(C)c(=O)[nH]c2=O)O[C@@H]1CO. The standard InChI is InChI=1S/C83H145N4O16P/c1-7-10-13-16-19-22-25-28-31-34-37-40-43-46-49-52-59-95-74-66-72(67-75(96-60-53-50-47-44-41-38-35-32-29-26-23-20-17-14-11-8-2)80(74)99-61-54-51-48-45-42-39-36-33-30-27-24-21-18-15-12-9-3)82(92)86(6)58-63-97-78(89)55-56-79(90)98-64-65-101-104(94,100-62-57-84-5)103-73-68-77(102-76(73)70-88)87-69-71(4)81(91)85-83(87)93/h66-67,69,73,76-77,88H,7-65,68,70H2,1-4,6H3,(H,85,91,93)/t73?,76-,77-,104?/m1/s1. The summed E-state index contributed by atoms with van der Waals surface area (Å²) in [6.07, 6.45) is 58.8. The van der Waals surface area contributed by atoms with Gasteiger partial charge in [-0.3, -0.25) is 42.3 Å². The number of benzene rings is 1. The van der Waals surface area contributed by atoms with Gasteiger partial charge >= 0.3 is 25.5 Å². The number of phosphoric acid groups is 1. The number of unbranched alkanes of at least 4 members (excludes halogenated alkanes) is 45. The van der Waals surface area contributed by atoms with Gasteiger partial charge in [0.05, 0.1) is 52.4 Å². The minimum absolute atomic E-state index is 0.0622. The molecule has 0 radical (unpaired) electrons. The average Bonchev–Trinajstić information content (AvgIpc) is 1.81. The van der Waals surface area contributed by atoms with Crippen molar-refractivity contribution in [2.24, 2.45) is 0 Å². The Morgan fingerprint density at radius 3 is 1.29 bits per heavy atom. The van der Waals surface area contributed by atoms with Crippen LogP contribution in [0.2, 0.25) is 0 Å². The molecule has 2 heterocycles. The Balaban J connectivity index is 1.60. The van der Waals surface area contributed by atoms with Crippen molar-refractivity contribution in [3.63, 3.8) is 0 Å². The van der Waals surface area contributed by atoms with Crippen molar-refractivity contribution in [1.82, 2.24) is 14.5 Å². The molecule has 21 heteroatoms. The largest absolute Gasteiger partial charge is 0.490 e. The van der Waals surface area contributed by atoms with Gasteiger partial charge in [-0.1, -0.05) is 310 Å². The smallest absolute Gasteiger partial charge is 0.475 e. The van der Waals surface area contributed by atoms with Crippen LogP contribution < -0.4 is 25.5 Å². The molecule has 4 atom stereocenters. The first kappa shape index (κ1) is 93.4. The topological polar surface area (TPSA) is 234 Å². The number of phosphoric ester groups is 1. The van der Waals surface area contributed by atoms with Crippen molar-refractivity contribution in [2.75, 3.05) is 73.0 Å². The molecule has 598 valence electrons. The van der Waals surface area contributed by atoms with Gasteiger partial charge in [0, 0.05) is 30.8 Å². The van der Waals surface area contributed by atoms with E-state index in [1.54, 1.807) is 19.2 Å². The number of esters is 2. The lowest BCUT2D eigenvalue weighted by molar-refractivity contribution is -0.150. The molecule has 1 aliphatic heterocycles. The predicted molar refractivity (Wildman–Crippen MR) is 417 cm³/mol. The Kier molecular flexibility index (Phi) is 56.8. The Morgan fingerprint density at radius 2 is 0.904 bits per heavy atom. The van der Waals surface area contributed by atoms with E-state index in [0.717, 1.165) is 55.9 Å². The molecule has 2 N–H and O–H groups in total. The number of aryl methyl sites for hydroxylation is 1. The molecule has 20 nitrogen and oxygen atoms in total. The molecule has 1 aromatic heterocycles. The van der Waals surface area contributed by atoms with E-state index in [9.17, 15) is 33.6 Å². The third-order valence-electron chi connectivity index (χ3n) is 19.7. The van der Waals surface area contributed by atoms with E-state index >= 15 is 0 Å². The summed E-state index contributed by atoms with van der Waals surface area (Å²) in [6, 6.07) is 3.53. The molecule has 0 spiro atoms. The van der Waals surface area contributed by atoms with Gasteiger partial charge in [0.15, 0.2) is 11.5 Å². The van der Waals surface area contributed by atoms with E-state index in [2.05, 4.69) is 30.6 Å². The number of carbonyl (C=O) groups is 3. The monoisotopic (exact) mass is 1490 g/mol. The maximum Gasteiger partial charge on any atom is 0.475 e. The van der Waals surface area contributed by atoms with Gasteiger partial charge in [-0.2, -0.15) is 0 Å². The van der Waals surface area contributed by atoms with Crippen LogP contribution in [0.25, 0.3) is 4.85 Å². The second-order valence-corrected chi connectivity index (χ2v) is 30.7. The number of aliphatic hydroxyl groups excluding tert-OH is 1. The fraction of sp³-hybridized carbons (Fsp3) is 0.831. The highest BCUT2D eigenvalue weighted by Crippen LogP contribution is 2.53. The highest BCUT2D eigenvalue weighted by molar-refractivity contribution is 7.48. The van der Waals surface area contributed by atoms with Crippen molar-refractivity contribution in [3.8, 4) is 17.2 Å². The maximum absolute atomic E-state index is 14.4. The number of hydrogen-bond donors (Lipinski definition) is 2. The molecule has 1 amide bonds. The fourth-order valence-electron chi connectivity index (χ4n) is 13.2. The van der Waals surface area contributed by atoms with Crippen molar-refractivity contribution < 1.29 is 66.0 Å². The summed E-state index contributed by atoms with van der Waals surface area (Å²) in [4.78, 5) is 71.6. The molecule has 0 aliphatic carbocycles. The second kappa shape index (κ2) is 63.2. The number of H-pyrrole nitrogens is 1. The van der Waals surface area contributed by atoms with Crippen molar-refractivity contribution in [3.05, 3.63) is 61.7 Å². The van der Waals surface area contributed by atoms with Crippen molar-refractivity contribution >= 4 is 25.7 Å². The number of nitrogens with one attached hydrogen (secondary N) is 1. The Bertz CT molecular complexity index is 2640. The number of carbonyl (C=O) groups excluding carboxylic acids is 3. The molecule has 0 bridgehead atoms. The van der Waals surface area contributed by atoms with E-state index in [1.165, 1.54) is 275 Å². The molecule has 1 saturated heterocycles. The molecule has 0 saturated carbocycles. The van der Waals surface area contributed by atoms with Crippen LogP contribution in [0.4, 0.5) is 0 Å². The summed E-state index contributed by atoms with van der Waals surface area (Å²) in [5.41, 5.74) is -0.719. The van der Waals surface area contributed by atoms with Crippen LogP contribution in [-0.4, -0.2) is 123 Å². The maximum atomic E-state index is 14.4. The summed E-state index contributed by atoms with van der Waals surface area (Å²) in [5.74, 6) is -0.242. The number of amides is 1. The van der Waals surface area contributed by atoms with Crippen LogP contribution in [0, 0.1) is 13.5 Å². The predicted octanol–water partition coefficient (Wildman–Crippen LogP) is 21.1. The summed E-state index contributed by atoms with van der Waals surface area (Å²) in [7, 11) is -2.84. The first-order valence-electron chi connectivity index (χ1n) is 41.9. The second-order valence-electron chi connectivity index (χ2n) is 29.1. The molecular formula is C83H145N4O16P. The van der Waals surface area contributed by atoms with Crippen LogP contribution in [0.1, 0.15) is 370 Å². The van der Waals surface area contributed by atoms with Gasteiger partial charge in [-0.15, -0.1) is 0 Å². The molecular weight excluding hydrogens is 1340 g/mol. The lowest BCUT2D eigenvalue weighted by Crippen LogP contribution is -2.33. The van der Waals surface area contributed by atoms with E-state index in [0.29, 0.717) is 42.6 Å². The molecule has 1 fully saturated rings. The zero-order chi connectivity index (χ0) is 75.2. The number of nitrogens with zero attached hydrogens (tertiary/aromatic N) is 3. The van der Waals surface area contributed by atoms with Gasteiger partial charge in [0.25, 0.3) is 11.5 Å². The minimum atomic E-state index is -4.48. The molecule has 2 aromatic rings. The number of aliphatic hydroxyl groups is 1. The van der Waals surface area contributed by atoms with Crippen LogP contribution in [0.5, 0.6) is 17.2 Å². The van der Waals surface area contributed by atoms with Gasteiger partial charge in [0.2, 0.25) is 12.3 Å². The minimum Gasteiger partial charge on any atom is -0.490 e. The summed E-state index contributed by atoms with van der Waals surface area (Å²) in [6.45, 7) is 14.9. The van der Waals surface area contributed by atoms with E-state index < -0.39 is 69.3 Å². The first-order valence-corrected chi connectivity index (χ1v) is 43.4. The van der Waals surface area contributed by atoms with Crippen LogP contribution >= 0.6 is 7.82 Å². The Hall–Kier alpha value is -4.77. The van der Waals surface area contributed by atoms with Crippen LogP contribution in [0.15, 0.2) is 27.9 Å². The highest BCUT2D eigenvalue weighted by atomic mass is 31.2. The van der Waals surface area contributed by atoms with Gasteiger partial charge in [-0.25, -0.2) is 15.9 Å². The number of aromatic amines is 1. The summed E-state index contributed by atoms with van der Waals surface area (Å²) >= 11 is 0. The highest BCUT2D eigenvalue weighted by Gasteiger charge is 2.43. The molecule has 3 rings (SSSR count). The van der Waals surface area contributed by atoms with Gasteiger partial charge in [-0.05, 0) is 38.3 Å². The molecule has 1 aliphatic rings. The number of likely N-dealkylation sites (N-methyl/N-ethyl adjacent to an activating group) is 1. The molecule has 2 unspecified atom stereocenters. The zero-order valence-corrected chi connectivity index (χ0v) is 66.9. The van der Waals surface area contributed by atoms with Gasteiger partial charge < -0.3 is 43.3 Å². The fourth-order valence-corrected chi connectivity index (χ4v) is 14.6. The quantitative estimate of drug-likeness (QED) is 0.0271. The first-order chi connectivity index (χ1) is 50.8. The number of hydrogen-bond acceptors (Lipinski definition) is 16. The number of ether oxygens (including phenoxy) is 6. The average molecular weight is 1490 g/mol. The number of aromatic nitrogens is 2. The van der Waals surface area contributed by atoms with E-state index in [1.807, 2.05) is 0 Å². The summed E-state index contributed by atoms with van der Waals surface area (Å²) in [5, 5.41) is 10.1. The normalized spacial score (nSPS) is 14.9. The number of rotatable bonds is 72. The van der Waals surface area contributed by atoms with Crippen molar-refractivity contribution in [1.29, 1.82) is 0 Å². The Morgan fingerprint density at radius 1 is 0.538 bits per heavy atom. The van der Waals surface area contributed by atoms with E-state index in [-0.39, 0.29) is 57.0 Å². The van der Waals surface area contributed by atoms with E-state index in [4.69, 9.17) is 48.6 Å². The third-order valence-corrected chi connectivity index (χ3v) is 21.2. The lowest BCUT2D eigenvalue weighted by Gasteiger charge is -2.22. The van der Waals surface area contributed by atoms with Crippen LogP contribution in [-0.2, 0) is 41.9 Å². The van der Waals surface area contributed by atoms with Gasteiger partial charge in [0.1, 0.15) is 38.3 Å². The zero-order valence-electron chi connectivity index (χ0n) is 66.0.